The largest absolute Gasteiger partial charge is 0.481 e. The Labute approximate surface area is 243 Å². The molecular weight excluding hydrogens is 555 g/mol. The topological polar surface area (TPSA) is 87.0 Å². The fourth-order valence-corrected chi connectivity index (χ4v) is 8.28. The molecule has 9 heteroatoms. The molecule has 3 rings (SSSR count). The lowest BCUT2D eigenvalue weighted by Gasteiger charge is -2.53. The van der Waals surface area contributed by atoms with Gasteiger partial charge in [-0.1, -0.05) is 82.1 Å². The first-order chi connectivity index (χ1) is 18.2. The van der Waals surface area contributed by atoms with Crippen LogP contribution in [0.3, 0.4) is 0 Å². The number of hydrogen-bond acceptors (Lipinski definition) is 4. The van der Waals surface area contributed by atoms with E-state index in [2.05, 4.69) is 4.36 Å². The number of carboxylic acids is 1. The van der Waals surface area contributed by atoms with Crippen LogP contribution in [0.15, 0.2) is 52.9 Å². The van der Waals surface area contributed by atoms with Gasteiger partial charge in [-0.15, -0.1) is 0 Å². The quantitative estimate of drug-likeness (QED) is 0.309. The first kappa shape index (κ1) is 31.4. The van der Waals surface area contributed by atoms with E-state index in [-0.39, 0.29) is 35.2 Å². The predicted octanol–water partition coefficient (Wildman–Crippen LogP) is 7.45. The highest BCUT2D eigenvalue weighted by Crippen LogP contribution is 2.52. The second-order valence-corrected chi connectivity index (χ2v) is 15.2. The van der Waals surface area contributed by atoms with Crippen LogP contribution in [0.25, 0.3) is 0 Å². The molecule has 2 aromatic rings. The summed E-state index contributed by atoms with van der Waals surface area (Å²) in [6.07, 6.45) is 0.0163. The Hall–Kier alpha value is -2.09. The molecule has 39 heavy (non-hydrogen) atoms. The molecule has 1 N–H and O–H groups in total. The predicted molar refractivity (Wildman–Crippen MR) is 160 cm³/mol. The molecule has 0 spiro atoms. The van der Waals surface area contributed by atoms with Gasteiger partial charge in [0.2, 0.25) is 5.91 Å². The number of carboxylic acid groups (broad SMARTS) is 1. The maximum Gasteiger partial charge on any atom is 0.304 e. The van der Waals surface area contributed by atoms with Gasteiger partial charge < -0.3 is 10.0 Å². The number of likely N-dealkylation sites (tertiary alicyclic amines) is 1. The summed E-state index contributed by atoms with van der Waals surface area (Å²) in [7, 11) is -2.66. The van der Waals surface area contributed by atoms with E-state index in [1.807, 2.05) is 69.9 Å². The molecule has 1 amide bonds. The van der Waals surface area contributed by atoms with E-state index in [0.29, 0.717) is 23.0 Å². The molecule has 1 fully saturated rings. The minimum absolute atomic E-state index is 0.0671. The number of aliphatic carboxylic acids is 1. The highest BCUT2D eigenvalue weighted by atomic mass is 35.5. The Balaban J connectivity index is 2.33. The molecule has 214 valence electrons. The van der Waals surface area contributed by atoms with Gasteiger partial charge in [0.15, 0.2) is 0 Å². The van der Waals surface area contributed by atoms with Crippen LogP contribution in [0, 0.1) is 11.3 Å². The van der Waals surface area contributed by atoms with Gasteiger partial charge in [0.05, 0.1) is 33.4 Å². The van der Waals surface area contributed by atoms with Crippen LogP contribution in [-0.2, 0) is 19.3 Å². The van der Waals surface area contributed by atoms with Gasteiger partial charge in [0.25, 0.3) is 0 Å². The highest BCUT2D eigenvalue weighted by molar-refractivity contribution is 7.94. The lowest BCUT2D eigenvalue weighted by molar-refractivity contribution is -0.161. The molecule has 1 saturated heterocycles. The Bertz CT molecular complexity index is 1300. The average molecular weight is 596 g/mol. The standard InChI is InChI=1S/C30H40Cl2N2O4S/c1-7-33-39(38,20(4)5)18-26(19(2)3)34-28(21-11-13-23(31)14-12-21)25(22-9-8-10-24(32)15-22)16-30(6,29(34)37)17-27(35)36/h8-15,19-20,25-26,28H,7,16-18H2,1-6H3,(H,35,36)/t25-,26-,28-,30-,39?/m1/s1. The fraction of sp³-hybridized carbons (Fsp3) is 0.533. The van der Waals surface area contributed by atoms with E-state index < -0.39 is 33.2 Å². The summed E-state index contributed by atoms with van der Waals surface area (Å²) in [5.41, 5.74) is 0.626. The maximum absolute atomic E-state index is 14.5. The number of benzene rings is 2. The van der Waals surface area contributed by atoms with Gasteiger partial charge in [0, 0.05) is 33.8 Å². The first-order valence-electron chi connectivity index (χ1n) is 13.5. The van der Waals surface area contributed by atoms with E-state index in [1.165, 1.54) is 0 Å². The number of hydrogen-bond donors (Lipinski definition) is 1. The molecule has 0 aliphatic carbocycles. The van der Waals surface area contributed by atoms with Crippen molar-refractivity contribution in [2.75, 3.05) is 12.3 Å². The number of carbonyl (C=O) groups is 2. The van der Waals surface area contributed by atoms with E-state index in [9.17, 15) is 18.9 Å². The zero-order valence-electron chi connectivity index (χ0n) is 23.6. The summed E-state index contributed by atoms with van der Waals surface area (Å²) in [5, 5.41) is 10.8. The summed E-state index contributed by atoms with van der Waals surface area (Å²) in [6.45, 7) is 11.8. The molecular formula is C30H40Cl2N2O4S. The molecule has 0 bridgehead atoms. The van der Waals surface area contributed by atoms with Crippen LogP contribution < -0.4 is 0 Å². The van der Waals surface area contributed by atoms with Gasteiger partial charge in [-0.05, 0) is 54.7 Å². The Morgan fingerprint density at radius 1 is 1.10 bits per heavy atom. The van der Waals surface area contributed by atoms with Crippen molar-refractivity contribution in [1.29, 1.82) is 0 Å². The second kappa shape index (κ2) is 12.6. The minimum Gasteiger partial charge on any atom is -0.481 e. The van der Waals surface area contributed by atoms with Crippen LogP contribution >= 0.6 is 23.2 Å². The van der Waals surface area contributed by atoms with Crippen molar-refractivity contribution < 1.29 is 18.9 Å². The molecule has 1 aliphatic heterocycles. The molecule has 1 aliphatic rings. The normalized spacial score (nSPS) is 24.1. The Morgan fingerprint density at radius 2 is 1.74 bits per heavy atom. The number of rotatable bonds is 10. The first-order valence-corrected chi connectivity index (χ1v) is 16.0. The van der Waals surface area contributed by atoms with Crippen molar-refractivity contribution in [1.82, 2.24) is 4.90 Å². The van der Waals surface area contributed by atoms with Gasteiger partial charge in [-0.2, -0.15) is 0 Å². The molecule has 1 heterocycles. The molecule has 0 aromatic heterocycles. The third-order valence-corrected chi connectivity index (χ3v) is 11.2. The highest BCUT2D eigenvalue weighted by Gasteiger charge is 2.53. The second-order valence-electron chi connectivity index (χ2n) is 11.4. The molecule has 5 atom stereocenters. The van der Waals surface area contributed by atoms with Gasteiger partial charge in [-0.25, -0.2) is 8.57 Å². The van der Waals surface area contributed by atoms with Gasteiger partial charge in [0.1, 0.15) is 0 Å². The van der Waals surface area contributed by atoms with Gasteiger partial charge >= 0.3 is 5.97 Å². The van der Waals surface area contributed by atoms with Crippen LogP contribution in [0.5, 0.6) is 0 Å². The fourth-order valence-electron chi connectivity index (χ4n) is 5.70. The van der Waals surface area contributed by atoms with Crippen molar-refractivity contribution in [3.63, 3.8) is 0 Å². The number of amides is 1. The maximum atomic E-state index is 14.5. The number of halogens is 2. The van der Waals surface area contributed by atoms with E-state index >= 15 is 0 Å². The molecule has 0 saturated carbocycles. The van der Waals surface area contributed by atoms with Crippen molar-refractivity contribution in [2.45, 2.75) is 77.6 Å². The number of nitrogens with zero attached hydrogens (tertiary/aromatic N) is 2. The summed E-state index contributed by atoms with van der Waals surface area (Å²) in [6, 6.07) is 14.1. The van der Waals surface area contributed by atoms with Crippen LogP contribution in [-0.4, -0.2) is 49.7 Å². The van der Waals surface area contributed by atoms with E-state index in [4.69, 9.17) is 23.2 Å². The molecule has 6 nitrogen and oxygen atoms in total. The Kier molecular flexibility index (Phi) is 10.2. The Morgan fingerprint density at radius 3 is 2.26 bits per heavy atom. The van der Waals surface area contributed by atoms with E-state index in [0.717, 1.165) is 11.1 Å². The third kappa shape index (κ3) is 6.98. The average Bonchev–Trinajstić information content (AvgIpc) is 2.84. The summed E-state index contributed by atoms with van der Waals surface area (Å²) < 4.78 is 18.7. The molecule has 2 aromatic carbocycles. The van der Waals surface area contributed by atoms with Crippen LogP contribution in [0.2, 0.25) is 10.0 Å². The van der Waals surface area contributed by atoms with E-state index in [1.54, 1.807) is 25.1 Å². The lowest BCUT2D eigenvalue weighted by Crippen LogP contribution is -2.59. The number of carbonyl (C=O) groups excluding carboxylic acids is 1. The van der Waals surface area contributed by atoms with Crippen LogP contribution in [0.4, 0.5) is 0 Å². The zero-order chi connectivity index (χ0) is 29.1. The minimum atomic E-state index is -2.66. The summed E-state index contributed by atoms with van der Waals surface area (Å²) >= 11 is 12.7. The molecule has 0 radical (unpaired) electrons. The zero-order valence-corrected chi connectivity index (χ0v) is 25.9. The summed E-state index contributed by atoms with van der Waals surface area (Å²) in [4.78, 5) is 28.4. The number of piperidine rings is 1. The van der Waals surface area contributed by atoms with Crippen molar-refractivity contribution in [3.8, 4) is 0 Å². The SMILES string of the molecule is CCN=S(=O)(C[C@H](C(C)C)N1C(=O)[C@@](C)(CC(=O)O)C[C@H](c2cccc(Cl)c2)[C@H]1c1ccc(Cl)cc1)C(C)C. The van der Waals surface area contributed by atoms with Crippen molar-refractivity contribution in [2.24, 2.45) is 15.7 Å². The smallest absolute Gasteiger partial charge is 0.304 e. The monoisotopic (exact) mass is 594 g/mol. The lowest BCUT2D eigenvalue weighted by atomic mass is 9.66. The van der Waals surface area contributed by atoms with Crippen molar-refractivity contribution in [3.05, 3.63) is 69.7 Å². The molecule has 1 unspecified atom stereocenters. The van der Waals surface area contributed by atoms with Gasteiger partial charge in [-0.3, -0.25) is 9.59 Å². The summed E-state index contributed by atoms with van der Waals surface area (Å²) in [5.74, 6) is -1.40. The third-order valence-electron chi connectivity index (χ3n) is 7.75. The van der Waals surface area contributed by atoms with Crippen molar-refractivity contribution >= 4 is 44.8 Å². The van der Waals surface area contributed by atoms with Crippen LogP contribution in [0.1, 0.15) is 77.5 Å².